The topological polar surface area (TPSA) is 107 Å². The van der Waals surface area contributed by atoms with Crippen molar-refractivity contribution < 1.29 is 9.59 Å². The first-order valence-electron chi connectivity index (χ1n) is 15.7. The zero-order valence-electron chi connectivity index (χ0n) is 25.0. The molecule has 8 heteroatoms. The van der Waals surface area contributed by atoms with Crippen LogP contribution in [-0.4, -0.2) is 59.4 Å². The van der Waals surface area contributed by atoms with E-state index in [9.17, 15) is 9.59 Å². The first-order valence-corrected chi connectivity index (χ1v) is 15.7. The van der Waals surface area contributed by atoms with Crippen molar-refractivity contribution in [2.24, 2.45) is 11.7 Å². The van der Waals surface area contributed by atoms with Crippen LogP contribution in [0.3, 0.4) is 0 Å². The van der Waals surface area contributed by atoms with Crippen molar-refractivity contribution in [2.45, 2.75) is 51.0 Å². The first-order chi connectivity index (χ1) is 21.0. The van der Waals surface area contributed by atoms with Gasteiger partial charge in [-0.1, -0.05) is 86.5 Å². The van der Waals surface area contributed by atoms with E-state index in [0.717, 1.165) is 81.8 Å². The van der Waals surface area contributed by atoms with Crippen LogP contribution in [0.25, 0.3) is 11.0 Å². The van der Waals surface area contributed by atoms with E-state index < -0.39 is 11.9 Å². The minimum absolute atomic E-state index is 0.0986. The number of likely N-dealkylation sites (N-methyl/N-ethyl adjacent to an activating group) is 1. The predicted octanol–water partition coefficient (Wildman–Crippen LogP) is 4.91. The van der Waals surface area contributed by atoms with Gasteiger partial charge in [0.2, 0.25) is 17.8 Å². The first kappa shape index (κ1) is 28.9. The second-order valence-electron chi connectivity index (χ2n) is 12.0. The molecule has 4 N–H and O–H groups in total. The lowest BCUT2D eigenvalue weighted by Crippen LogP contribution is -2.46. The van der Waals surface area contributed by atoms with Gasteiger partial charge in [0.1, 0.15) is 6.04 Å². The molecule has 1 aliphatic heterocycles. The van der Waals surface area contributed by atoms with Crippen LogP contribution in [0.2, 0.25) is 0 Å². The fourth-order valence-electron chi connectivity index (χ4n) is 6.81. The number of piperazine rings is 1. The van der Waals surface area contributed by atoms with Crippen molar-refractivity contribution in [3.05, 3.63) is 95.1 Å². The number of rotatable bonds is 9. The highest BCUT2D eigenvalue weighted by Crippen LogP contribution is 2.38. The van der Waals surface area contributed by atoms with Gasteiger partial charge in [-0.15, -0.1) is 0 Å². The fraction of sp³-hybridized carbons (Fsp3) is 0.400. The summed E-state index contributed by atoms with van der Waals surface area (Å²) in [5, 5.41) is 2.96. The molecular formula is C35H42N6O2. The van der Waals surface area contributed by atoms with Crippen LogP contribution in [0.5, 0.6) is 0 Å². The number of H-pyrrole nitrogens is 1. The number of amides is 2. The molecule has 8 nitrogen and oxygen atoms in total. The third-order valence-electron chi connectivity index (χ3n) is 9.31. The molecule has 0 spiro atoms. The van der Waals surface area contributed by atoms with E-state index in [1.807, 2.05) is 30.3 Å². The van der Waals surface area contributed by atoms with Crippen molar-refractivity contribution in [3.63, 3.8) is 0 Å². The number of carbonyl (C=O) groups is 2. The maximum Gasteiger partial charge on any atom is 0.244 e. The standard InChI is InChI=1S/C35H42N6O2/c1-2-40-19-21-41(22-20-40)35-37-30-14-8-11-27(31(30)39-35)23-24-15-17-25(18-16-24)28-12-6-7-13-29(28)34(43)38-32(33(36)42)26-9-4-3-5-10-26/h3-5,8-11,14-18,28-29,32H,2,6-7,12-13,19-23H2,1H3,(H2,36,42)(H,37,39)(H,38,43). The van der Waals surface area contributed by atoms with E-state index >= 15 is 0 Å². The number of fused-ring (bicyclic) bond motifs is 1. The van der Waals surface area contributed by atoms with E-state index in [-0.39, 0.29) is 17.7 Å². The zero-order chi connectivity index (χ0) is 29.8. The lowest BCUT2D eigenvalue weighted by Gasteiger charge is -2.33. The van der Waals surface area contributed by atoms with Crippen molar-refractivity contribution in [2.75, 3.05) is 37.6 Å². The summed E-state index contributed by atoms with van der Waals surface area (Å²) in [6.07, 6.45) is 4.63. The van der Waals surface area contributed by atoms with Crippen LogP contribution in [0, 0.1) is 5.92 Å². The van der Waals surface area contributed by atoms with Gasteiger partial charge in [0, 0.05) is 32.1 Å². The molecule has 0 radical (unpaired) electrons. The van der Waals surface area contributed by atoms with E-state index in [0.29, 0.717) is 5.56 Å². The number of imidazole rings is 1. The van der Waals surface area contributed by atoms with E-state index in [2.05, 4.69) is 69.5 Å². The predicted molar refractivity (Wildman–Crippen MR) is 171 cm³/mol. The van der Waals surface area contributed by atoms with Gasteiger partial charge in [0.05, 0.1) is 11.0 Å². The second kappa shape index (κ2) is 13.0. The lowest BCUT2D eigenvalue weighted by molar-refractivity contribution is -0.131. The van der Waals surface area contributed by atoms with Gasteiger partial charge >= 0.3 is 0 Å². The number of anilines is 1. The summed E-state index contributed by atoms with van der Waals surface area (Å²) in [7, 11) is 0. The summed E-state index contributed by atoms with van der Waals surface area (Å²) in [5.74, 6) is 0.229. The number of carbonyl (C=O) groups excluding carboxylic acids is 2. The number of benzene rings is 3. The molecule has 6 rings (SSSR count). The van der Waals surface area contributed by atoms with Gasteiger partial charge in [0.15, 0.2) is 0 Å². The Hall–Kier alpha value is -4.17. The van der Waals surface area contributed by atoms with Crippen molar-refractivity contribution >= 4 is 28.8 Å². The third-order valence-corrected chi connectivity index (χ3v) is 9.31. The molecule has 2 aliphatic rings. The summed E-state index contributed by atoms with van der Waals surface area (Å²) in [4.78, 5) is 39.2. The van der Waals surface area contributed by atoms with Crippen LogP contribution in [-0.2, 0) is 16.0 Å². The number of nitrogens with zero attached hydrogens (tertiary/aromatic N) is 3. The number of hydrogen-bond acceptors (Lipinski definition) is 5. The van der Waals surface area contributed by atoms with Crippen molar-refractivity contribution in [1.82, 2.24) is 20.2 Å². The Morgan fingerprint density at radius 2 is 1.70 bits per heavy atom. The molecular weight excluding hydrogens is 536 g/mol. The maximum atomic E-state index is 13.5. The molecule has 3 atom stereocenters. The zero-order valence-corrected chi connectivity index (χ0v) is 25.0. The number of nitrogens with two attached hydrogens (primary N) is 1. The highest BCUT2D eigenvalue weighted by molar-refractivity contribution is 5.89. The van der Waals surface area contributed by atoms with Gasteiger partial charge in [-0.3, -0.25) is 9.59 Å². The molecule has 3 aromatic carbocycles. The molecule has 2 fully saturated rings. The largest absolute Gasteiger partial charge is 0.368 e. The van der Waals surface area contributed by atoms with Gasteiger partial charge in [-0.2, -0.15) is 0 Å². The highest BCUT2D eigenvalue weighted by atomic mass is 16.2. The quantitative estimate of drug-likeness (QED) is 0.262. The Balaban J connectivity index is 1.15. The Morgan fingerprint density at radius 3 is 2.42 bits per heavy atom. The minimum Gasteiger partial charge on any atom is -0.368 e. The second-order valence-corrected chi connectivity index (χ2v) is 12.0. The number of aromatic nitrogens is 2. The molecule has 224 valence electrons. The molecule has 0 bridgehead atoms. The Labute approximate surface area is 253 Å². The van der Waals surface area contributed by atoms with Gasteiger partial charge in [0.25, 0.3) is 0 Å². The van der Waals surface area contributed by atoms with Gasteiger partial charge < -0.3 is 25.8 Å². The van der Waals surface area contributed by atoms with E-state index in [1.54, 1.807) is 0 Å². The van der Waals surface area contributed by atoms with Crippen LogP contribution < -0.4 is 16.0 Å². The fourth-order valence-corrected chi connectivity index (χ4v) is 6.81. The van der Waals surface area contributed by atoms with Gasteiger partial charge in [-0.05, 0) is 60.0 Å². The Kier molecular flexibility index (Phi) is 8.74. The minimum atomic E-state index is -0.829. The average Bonchev–Trinajstić information content (AvgIpc) is 3.50. The monoisotopic (exact) mass is 578 g/mol. The van der Waals surface area contributed by atoms with Crippen LogP contribution >= 0.6 is 0 Å². The molecule has 3 unspecified atom stereocenters. The molecule has 4 aromatic rings. The highest BCUT2D eigenvalue weighted by Gasteiger charge is 2.34. The summed E-state index contributed by atoms with van der Waals surface area (Å²) >= 11 is 0. The number of hydrogen-bond donors (Lipinski definition) is 3. The number of nitrogens with one attached hydrogen (secondary N) is 2. The van der Waals surface area contributed by atoms with Crippen LogP contribution in [0.4, 0.5) is 5.95 Å². The molecule has 43 heavy (non-hydrogen) atoms. The smallest absolute Gasteiger partial charge is 0.244 e. The van der Waals surface area contributed by atoms with Gasteiger partial charge in [-0.25, -0.2) is 4.98 Å². The summed E-state index contributed by atoms with van der Waals surface area (Å²) in [6.45, 7) is 7.41. The molecule has 2 heterocycles. The van der Waals surface area contributed by atoms with E-state index in [4.69, 9.17) is 10.7 Å². The summed E-state index contributed by atoms with van der Waals surface area (Å²) in [6, 6.07) is 23.5. The molecule has 1 aromatic heterocycles. The summed E-state index contributed by atoms with van der Waals surface area (Å²) < 4.78 is 0. The normalized spacial score (nSPS) is 20.2. The van der Waals surface area contributed by atoms with Crippen molar-refractivity contribution in [3.8, 4) is 0 Å². The van der Waals surface area contributed by atoms with E-state index in [1.165, 1.54) is 16.7 Å². The van der Waals surface area contributed by atoms with Crippen molar-refractivity contribution in [1.29, 1.82) is 0 Å². The number of para-hydroxylation sites is 1. The molecule has 2 amide bonds. The number of primary amides is 1. The number of aromatic amines is 1. The SMILES string of the molecule is CCN1CCN(c2nc3c(Cc4ccc(C5CCCCC5C(=O)NC(C(N)=O)c5ccccc5)cc4)cccc3[nH]2)CC1. The summed E-state index contributed by atoms with van der Waals surface area (Å²) in [5.41, 5.74) is 12.1. The molecule has 1 aliphatic carbocycles. The molecule has 1 saturated carbocycles. The molecule has 1 saturated heterocycles. The maximum absolute atomic E-state index is 13.5. The Bertz CT molecular complexity index is 1540. The Morgan fingerprint density at radius 1 is 0.953 bits per heavy atom. The van der Waals surface area contributed by atoms with Crippen LogP contribution in [0.15, 0.2) is 72.8 Å². The lowest BCUT2D eigenvalue weighted by atomic mass is 9.74. The van der Waals surface area contributed by atoms with Crippen LogP contribution in [0.1, 0.15) is 66.8 Å². The average molecular weight is 579 g/mol. The third kappa shape index (κ3) is 6.44.